The summed E-state index contributed by atoms with van der Waals surface area (Å²) in [6.45, 7) is 3.89. The Morgan fingerprint density at radius 1 is 1.40 bits per heavy atom. The number of unbranched alkanes of at least 4 members (excludes halogenated alkanes) is 1. The predicted molar refractivity (Wildman–Crippen MR) is 79.3 cm³/mol. The molecule has 0 saturated carbocycles. The number of benzene rings is 1. The number of aliphatic hydroxyl groups is 1. The summed E-state index contributed by atoms with van der Waals surface area (Å²) in [6, 6.07) is 9.25. The van der Waals surface area contributed by atoms with Crippen LogP contribution in [0.15, 0.2) is 30.3 Å². The van der Waals surface area contributed by atoms with Gasteiger partial charge in [-0.15, -0.1) is 0 Å². The molecule has 112 valence electrons. The summed E-state index contributed by atoms with van der Waals surface area (Å²) >= 11 is 0. The molecule has 2 atom stereocenters. The lowest BCUT2D eigenvalue weighted by Crippen LogP contribution is -2.51. The lowest BCUT2D eigenvalue weighted by Gasteiger charge is -2.33. The Morgan fingerprint density at radius 2 is 2.05 bits per heavy atom. The maximum absolute atomic E-state index is 11.9. The van der Waals surface area contributed by atoms with E-state index in [4.69, 9.17) is 4.74 Å². The summed E-state index contributed by atoms with van der Waals surface area (Å²) in [4.78, 5) is 11.9. The van der Waals surface area contributed by atoms with Gasteiger partial charge < -0.3 is 9.84 Å². The third kappa shape index (κ3) is 4.32. The molecule has 0 fully saturated rings. The number of esters is 1. The molecule has 2 unspecified atom stereocenters. The van der Waals surface area contributed by atoms with Crippen LogP contribution in [0.25, 0.3) is 0 Å². The van der Waals surface area contributed by atoms with Crippen molar-refractivity contribution in [2.75, 3.05) is 13.7 Å². The summed E-state index contributed by atoms with van der Waals surface area (Å²) in [5, 5.41) is 13.0. The molecular weight excluding hydrogens is 254 g/mol. The largest absolute Gasteiger partial charge is 0.468 e. The second kappa shape index (κ2) is 8.02. The zero-order chi connectivity index (χ0) is 15.0. The Labute approximate surface area is 121 Å². The average molecular weight is 279 g/mol. The average Bonchev–Trinajstić information content (AvgIpc) is 2.51. The molecular formula is C16H25NO3. The molecule has 4 heteroatoms. The number of hydrogen-bond acceptors (Lipinski definition) is 4. The molecule has 2 N–H and O–H groups in total. The maximum atomic E-state index is 11.9. The topological polar surface area (TPSA) is 58.6 Å². The Balaban J connectivity index is 2.89. The first kappa shape index (κ1) is 16.7. The van der Waals surface area contributed by atoms with Crippen LogP contribution < -0.4 is 5.32 Å². The van der Waals surface area contributed by atoms with Gasteiger partial charge in [0.15, 0.2) is 0 Å². The SMILES string of the molecule is CCCCC(NC(C)(CO)c1ccccc1)C(=O)OC. The normalized spacial score (nSPS) is 15.4. The van der Waals surface area contributed by atoms with E-state index in [9.17, 15) is 9.90 Å². The molecule has 0 amide bonds. The van der Waals surface area contributed by atoms with Crippen molar-refractivity contribution in [2.24, 2.45) is 0 Å². The van der Waals surface area contributed by atoms with E-state index in [0.717, 1.165) is 18.4 Å². The fourth-order valence-corrected chi connectivity index (χ4v) is 2.21. The maximum Gasteiger partial charge on any atom is 0.322 e. The van der Waals surface area contributed by atoms with Crippen molar-refractivity contribution >= 4 is 5.97 Å². The Bertz CT molecular complexity index is 407. The van der Waals surface area contributed by atoms with Crippen LogP contribution in [0.5, 0.6) is 0 Å². The van der Waals surface area contributed by atoms with Gasteiger partial charge in [0.2, 0.25) is 0 Å². The summed E-state index contributed by atoms with van der Waals surface area (Å²) in [5.41, 5.74) is 0.293. The van der Waals surface area contributed by atoms with Gasteiger partial charge in [-0.3, -0.25) is 10.1 Å². The summed E-state index contributed by atoms with van der Waals surface area (Å²) in [6.07, 6.45) is 2.64. The number of carbonyl (C=O) groups is 1. The number of carbonyl (C=O) groups excluding carboxylic acids is 1. The highest BCUT2D eigenvalue weighted by Gasteiger charge is 2.31. The first-order valence-electron chi connectivity index (χ1n) is 7.09. The lowest BCUT2D eigenvalue weighted by atomic mass is 9.91. The van der Waals surface area contributed by atoms with Gasteiger partial charge in [0, 0.05) is 0 Å². The van der Waals surface area contributed by atoms with Crippen LogP contribution in [0.1, 0.15) is 38.7 Å². The number of rotatable bonds is 8. The predicted octanol–water partition coefficient (Wildman–Crippen LogP) is 2.22. The van der Waals surface area contributed by atoms with Gasteiger partial charge in [-0.1, -0.05) is 50.1 Å². The van der Waals surface area contributed by atoms with Gasteiger partial charge in [0.1, 0.15) is 6.04 Å². The molecule has 0 radical (unpaired) electrons. The van der Waals surface area contributed by atoms with Crippen LogP contribution in [0.3, 0.4) is 0 Å². The number of ether oxygens (including phenoxy) is 1. The standard InChI is InChI=1S/C16H25NO3/c1-4-5-11-14(15(19)20-3)17-16(2,12-18)13-9-7-6-8-10-13/h6-10,14,17-18H,4-5,11-12H2,1-3H3. The third-order valence-electron chi connectivity index (χ3n) is 3.55. The van der Waals surface area contributed by atoms with E-state index >= 15 is 0 Å². The quantitative estimate of drug-likeness (QED) is 0.716. The van der Waals surface area contributed by atoms with E-state index in [1.54, 1.807) is 0 Å². The van der Waals surface area contributed by atoms with E-state index in [0.29, 0.717) is 6.42 Å². The molecule has 0 aliphatic carbocycles. The van der Waals surface area contributed by atoms with Crippen molar-refractivity contribution in [1.29, 1.82) is 0 Å². The van der Waals surface area contributed by atoms with E-state index in [1.165, 1.54) is 7.11 Å². The molecule has 1 aromatic rings. The minimum Gasteiger partial charge on any atom is -0.468 e. The van der Waals surface area contributed by atoms with Gasteiger partial charge in [0.25, 0.3) is 0 Å². The minimum atomic E-state index is -0.659. The fourth-order valence-electron chi connectivity index (χ4n) is 2.21. The minimum absolute atomic E-state index is 0.0867. The van der Waals surface area contributed by atoms with Crippen LogP contribution in [0, 0.1) is 0 Å². The number of aliphatic hydroxyl groups excluding tert-OH is 1. The van der Waals surface area contributed by atoms with Gasteiger partial charge in [-0.05, 0) is 18.9 Å². The van der Waals surface area contributed by atoms with Gasteiger partial charge >= 0.3 is 5.97 Å². The van der Waals surface area contributed by atoms with E-state index in [-0.39, 0.29) is 12.6 Å². The molecule has 1 rings (SSSR count). The van der Waals surface area contributed by atoms with Crippen molar-refractivity contribution in [3.05, 3.63) is 35.9 Å². The van der Waals surface area contributed by atoms with Crippen molar-refractivity contribution in [3.8, 4) is 0 Å². The second-order valence-corrected chi connectivity index (χ2v) is 5.22. The molecule has 0 saturated heterocycles. The molecule has 0 aliphatic rings. The van der Waals surface area contributed by atoms with Crippen molar-refractivity contribution in [3.63, 3.8) is 0 Å². The smallest absolute Gasteiger partial charge is 0.322 e. The Morgan fingerprint density at radius 3 is 2.55 bits per heavy atom. The molecule has 0 spiro atoms. The fraction of sp³-hybridized carbons (Fsp3) is 0.562. The van der Waals surface area contributed by atoms with Crippen LogP contribution in [-0.4, -0.2) is 30.8 Å². The van der Waals surface area contributed by atoms with E-state index in [2.05, 4.69) is 12.2 Å². The summed E-state index contributed by atoms with van der Waals surface area (Å²) in [5.74, 6) is -0.283. The molecule has 0 aliphatic heterocycles. The van der Waals surface area contributed by atoms with Gasteiger partial charge in [0.05, 0.1) is 19.3 Å². The summed E-state index contributed by atoms with van der Waals surface area (Å²) in [7, 11) is 1.39. The van der Waals surface area contributed by atoms with Crippen LogP contribution in [-0.2, 0) is 15.1 Å². The zero-order valence-electron chi connectivity index (χ0n) is 12.6. The van der Waals surface area contributed by atoms with E-state index in [1.807, 2.05) is 37.3 Å². The Hall–Kier alpha value is -1.39. The zero-order valence-corrected chi connectivity index (χ0v) is 12.6. The highest BCUT2D eigenvalue weighted by Crippen LogP contribution is 2.22. The van der Waals surface area contributed by atoms with E-state index < -0.39 is 11.6 Å². The summed E-state index contributed by atoms with van der Waals surface area (Å²) < 4.78 is 4.85. The molecule has 4 nitrogen and oxygen atoms in total. The first-order chi connectivity index (χ1) is 9.57. The third-order valence-corrected chi connectivity index (χ3v) is 3.55. The molecule has 0 aromatic heterocycles. The van der Waals surface area contributed by atoms with Crippen molar-refractivity contribution in [1.82, 2.24) is 5.32 Å². The lowest BCUT2D eigenvalue weighted by molar-refractivity contribution is -0.144. The van der Waals surface area contributed by atoms with Gasteiger partial charge in [-0.25, -0.2) is 0 Å². The first-order valence-corrected chi connectivity index (χ1v) is 7.09. The number of methoxy groups -OCH3 is 1. The van der Waals surface area contributed by atoms with Crippen LogP contribution in [0.2, 0.25) is 0 Å². The highest BCUT2D eigenvalue weighted by molar-refractivity contribution is 5.75. The Kier molecular flexibility index (Phi) is 6.68. The van der Waals surface area contributed by atoms with Gasteiger partial charge in [-0.2, -0.15) is 0 Å². The molecule has 20 heavy (non-hydrogen) atoms. The molecule has 0 heterocycles. The van der Waals surface area contributed by atoms with Crippen LogP contribution >= 0.6 is 0 Å². The van der Waals surface area contributed by atoms with Crippen LogP contribution in [0.4, 0.5) is 0 Å². The van der Waals surface area contributed by atoms with Crippen molar-refractivity contribution < 1.29 is 14.6 Å². The second-order valence-electron chi connectivity index (χ2n) is 5.22. The van der Waals surface area contributed by atoms with Crippen molar-refractivity contribution in [2.45, 2.75) is 44.7 Å². The highest BCUT2D eigenvalue weighted by atomic mass is 16.5. The molecule has 1 aromatic carbocycles. The monoisotopic (exact) mass is 279 g/mol. The number of nitrogens with one attached hydrogen (secondary N) is 1. The molecule has 0 bridgehead atoms. The number of hydrogen-bond donors (Lipinski definition) is 2.